The van der Waals surface area contributed by atoms with Crippen molar-refractivity contribution in [2.24, 2.45) is 0 Å². The molecule has 16 heavy (non-hydrogen) atoms. The van der Waals surface area contributed by atoms with Gasteiger partial charge in [-0.1, -0.05) is 0 Å². The van der Waals surface area contributed by atoms with Crippen molar-refractivity contribution in [1.29, 1.82) is 0 Å². The fourth-order valence-electron chi connectivity index (χ4n) is 1.79. The third kappa shape index (κ3) is 1.69. The highest BCUT2D eigenvalue weighted by molar-refractivity contribution is 6.15. The summed E-state index contributed by atoms with van der Waals surface area (Å²) in [5.74, 6) is -0.633. The van der Waals surface area contributed by atoms with Gasteiger partial charge in [-0.3, -0.25) is 4.79 Å². The molecule has 0 amide bonds. The van der Waals surface area contributed by atoms with Crippen LogP contribution in [0, 0.1) is 0 Å². The number of ether oxygens (including phenoxy) is 1. The zero-order valence-corrected chi connectivity index (χ0v) is 8.69. The van der Waals surface area contributed by atoms with Gasteiger partial charge in [0.05, 0.1) is 7.11 Å². The van der Waals surface area contributed by atoms with Crippen molar-refractivity contribution in [1.82, 2.24) is 0 Å². The van der Waals surface area contributed by atoms with Crippen LogP contribution in [0.15, 0.2) is 29.8 Å². The van der Waals surface area contributed by atoms with Gasteiger partial charge in [-0.25, -0.2) is 4.79 Å². The minimum absolute atomic E-state index is 0.208. The Kier molecular flexibility index (Phi) is 2.48. The summed E-state index contributed by atoms with van der Waals surface area (Å²) in [6.45, 7) is 0. The van der Waals surface area contributed by atoms with E-state index in [9.17, 15) is 9.59 Å². The van der Waals surface area contributed by atoms with Crippen LogP contribution in [0.1, 0.15) is 15.9 Å². The van der Waals surface area contributed by atoms with Gasteiger partial charge in [0, 0.05) is 23.6 Å². The first-order valence-electron chi connectivity index (χ1n) is 4.77. The standard InChI is InChI=1S/C12H10O4/c1-16-9-2-3-10-7(5-9)4-8(12(10)15)6-11(13)14/h2-3,5-6H,4H2,1H3,(H,13,14)/b8-6+. The molecule has 82 valence electrons. The van der Waals surface area contributed by atoms with Crippen molar-refractivity contribution < 1.29 is 19.4 Å². The third-order valence-electron chi connectivity index (χ3n) is 2.53. The summed E-state index contributed by atoms with van der Waals surface area (Å²) in [6, 6.07) is 5.12. The zero-order valence-electron chi connectivity index (χ0n) is 8.69. The van der Waals surface area contributed by atoms with Crippen molar-refractivity contribution in [3.8, 4) is 5.75 Å². The minimum atomic E-state index is -1.09. The molecular weight excluding hydrogens is 208 g/mol. The molecule has 0 fully saturated rings. The zero-order chi connectivity index (χ0) is 11.7. The molecule has 0 bridgehead atoms. The Bertz CT molecular complexity index is 500. The topological polar surface area (TPSA) is 63.6 Å². The number of hydrogen-bond acceptors (Lipinski definition) is 3. The van der Waals surface area contributed by atoms with Crippen LogP contribution in [0.25, 0.3) is 0 Å². The monoisotopic (exact) mass is 218 g/mol. The van der Waals surface area contributed by atoms with Gasteiger partial charge in [-0.15, -0.1) is 0 Å². The van der Waals surface area contributed by atoms with Gasteiger partial charge in [0.25, 0.3) is 0 Å². The molecule has 4 heteroatoms. The van der Waals surface area contributed by atoms with Gasteiger partial charge in [0.15, 0.2) is 5.78 Å². The van der Waals surface area contributed by atoms with Crippen molar-refractivity contribution in [3.63, 3.8) is 0 Å². The lowest BCUT2D eigenvalue weighted by molar-refractivity contribution is -0.131. The summed E-state index contributed by atoms with van der Waals surface area (Å²) in [5.41, 5.74) is 1.70. The smallest absolute Gasteiger partial charge is 0.328 e. The number of rotatable bonds is 2. The number of carboxylic acid groups (broad SMARTS) is 1. The molecule has 0 aromatic heterocycles. The van der Waals surface area contributed by atoms with Crippen LogP contribution >= 0.6 is 0 Å². The van der Waals surface area contributed by atoms with Crippen LogP contribution in [0.5, 0.6) is 5.75 Å². The fourth-order valence-corrected chi connectivity index (χ4v) is 1.79. The number of carboxylic acids is 1. The Labute approximate surface area is 92.2 Å². The van der Waals surface area contributed by atoms with Crippen molar-refractivity contribution in [2.75, 3.05) is 7.11 Å². The number of methoxy groups -OCH3 is 1. The summed E-state index contributed by atoms with van der Waals surface area (Å²) in [7, 11) is 1.55. The number of hydrogen-bond donors (Lipinski definition) is 1. The van der Waals surface area contributed by atoms with Crippen LogP contribution in [0.3, 0.4) is 0 Å². The first-order chi connectivity index (χ1) is 7.61. The second-order valence-electron chi connectivity index (χ2n) is 3.54. The Morgan fingerprint density at radius 2 is 2.25 bits per heavy atom. The van der Waals surface area contributed by atoms with E-state index in [2.05, 4.69) is 0 Å². The number of Topliss-reactive ketones (excluding diaryl/α,β-unsaturated/α-hetero) is 1. The summed E-state index contributed by atoms with van der Waals surface area (Å²) in [6.07, 6.45) is 1.33. The lowest BCUT2D eigenvalue weighted by Gasteiger charge is -2.01. The van der Waals surface area contributed by atoms with E-state index in [1.165, 1.54) is 0 Å². The molecule has 4 nitrogen and oxygen atoms in total. The van der Waals surface area contributed by atoms with E-state index in [0.29, 0.717) is 23.3 Å². The average molecular weight is 218 g/mol. The molecular formula is C12H10O4. The lowest BCUT2D eigenvalue weighted by Crippen LogP contribution is -1.99. The number of fused-ring (bicyclic) bond motifs is 1. The Hall–Kier alpha value is -2.10. The number of aliphatic carboxylic acids is 1. The summed E-state index contributed by atoms with van der Waals surface area (Å²) < 4.78 is 5.04. The quantitative estimate of drug-likeness (QED) is 0.763. The van der Waals surface area contributed by atoms with Crippen LogP contribution in [0.2, 0.25) is 0 Å². The van der Waals surface area contributed by atoms with Crippen molar-refractivity contribution in [2.45, 2.75) is 6.42 Å². The molecule has 0 spiro atoms. The maximum atomic E-state index is 11.8. The van der Waals surface area contributed by atoms with E-state index in [1.54, 1.807) is 25.3 Å². The van der Waals surface area contributed by atoms with Crippen LogP contribution in [0.4, 0.5) is 0 Å². The molecule has 0 saturated carbocycles. The molecule has 0 aliphatic heterocycles. The van der Waals surface area contributed by atoms with Gasteiger partial charge in [0.1, 0.15) is 5.75 Å². The maximum absolute atomic E-state index is 11.8. The van der Waals surface area contributed by atoms with Gasteiger partial charge >= 0.3 is 5.97 Å². The molecule has 2 rings (SSSR count). The molecule has 1 aromatic rings. The number of ketones is 1. The van der Waals surface area contributed by atoms with E-state index < -0.39 is 5.97 Å². The predicted molar refractivity (Wildman–Crippen MR) is 56.7 cm³/mol. The average Bonchev–Trinajstić information content (AvgIpc) is 2.54. The minimum Gasteiger partial charge on any atom is -0.497 e. The number of allylic oxidation sites excluding steroid dienone is 1. The maximum Gasteiger partial charge on any atom is 0.328 e. The molecule has 0 saturated heterocycles. The number of benzene rings is 1. The van der Waals surface area contributed by atoms with E-state index in [1.807, 2.05) is 0 Å². The normalized spacial score (nSPS) is 16.3. The molecule has 0 atom stereocenters. The third-order valence-corrected chi connectivity index (χ3v) is 2.53. The van der Waals surface area contributed by atoms with Gasteiger partial charge in [0.2, 0.25) is 0 Å². The first-order valence-corrected chi connectivity index (χ1v) is 4.77. The van der Waals surface area contributed by atoms with E-state index in [-0.39, 0.29) is 5.78 Å². The van der Waals surface area contributed by atoms with Crippen LogP contribution < -0.4 is 4.74 Å². The highest BCUT2D eigenvalue weighted by Gasteiger charge is 2.25. The summed E-state index contributed by atoms with van der Waals surface area (Å²) >= 11 is 0. The highest BCUT2D eigenvalue weighted by atomic mass is 16.5. The second-order valence-corrected chi connectivity index (χ2v) is 3.54. The van der Waals surface area contributed by atoms with E-state index >= 15 is 0 Å². The molecule has 1 aliphatic carbocycles. The SMILES string of the molecule is COc1ccc2c(c1)C/C(=C\C(=O)O)C2=O. The van der Waals surface area contributed by atoms with Gasteiger partial charge < -0.3 is 9.84 Å². The van der Waals surface area contributed by atoms with Gasteiger partial charge in [-0.05, 0) is 23.8 Å². The Morgan fingerprint density at radius 3 is 2.88 bits per heavy atom. The molecule has 1 aromatic carbocycles. The largest absolute Gasteiger partial charge is 0.497 e. The Morgan fingerprint density at radius 1 is 1.50 bits per heavy atom. The Balaban J connectivity index is 2.42. The van der Waals surface area contributed by atoms with Crippen LogP contribution in [-0.4, -0.2) is 24.0 Å². The van der Waals surface area contributed by atoms with E-state index in [4.69, 9.17) is 9.84 Å². The number of carbonyl (C=O) groups is 2. The summed E-state index contributed by atoms with van der Waals surface area (Å²) in [5, 5.41) is 8.62. The lowest BCUT2D eigenvalue weighted by atomic mass is 10.1. The fraction of sp³-hybridized carbons (Fsp3) is 0.167. The number of carbonyl (C=O) groups excluding carboxylic acids is 1. The molecule has 0 radical (unpaired) electrons. The molecule has 0 unspecified atom stereocenters. The molecule has 1 N–H and O–H groups in total. The summed E-state index contributed by atoms with van der Waals surface area (Å²) in [4.78, 5) is 22.3. The molecule has 1 aliphatic rings. The van der Waals surface area contributed by atoms with Crippen LogP contribution in [-0.2, 0) is 11.2 Å². The first kappa shape index (κ1) is 10.4. The van der Waals surface area contributed by atoms with Crippen molar-refractivity contribution in [3.05, 3.63) is 41.0 Å². The molecule has 0 heterocycles. The van der Waals surface area contributed by atoms with Crippen molar-refractivity contribution >= 4 is 11.8 Å². The van der Waals surface area contributed by atoms with Gasteiger partial charge in [-0.2, -0.15) is 0 Å². The second kappa shape index (κ2) is 3.81. The predicted octanol–water partition coefficient (Wildman–Crippen LogP) is 1.45. The van der Waals surface area contributed by atoms with E-state index in [0.717, 1.165) is 11.6 Å². The highest BCUT2D eigenvalue weighted by Crippen LogP contribution is 2.29.